The zero-order chi connectivity index (χ0) is 8.97. The molecule has 13 heavy (non-hydrogen) atoms. The van der Waals surface area contributed by atoms with Crippen molar-refractivity contribution >= 4 is 5.97 Å². The minimum absolute atomic E-state index is 0. The van der Waals surface area contributed by atoms with E-state index in [0.717, 1.165) is 11.3 Å². The monoisotopic (exact) mass is 204 g/mol. The molecule has 0 saturated carbocycles. The topological polar surface area (TPSA) is 49.4 Å². The van der Waals surface area contributed by atoms with Crippen molar-refractivity contribution in [3.63, 3.8) is 0 Å². The molecule has 0 spiro atoms. The first-order valence-corrected chi connectivity index (χ1v) is 3.55. The van der Waals surface area contributed by atoms with Crippen molar-refractivity contribution in [1.29, 1.82) is 0 Å². The fraction of sp³-hybridized carbons (Fsp3) is 0.222. The molecule has 0 radical (unpaired) electrons. The van der Waals surface area contributed by atoms with Crippen LogP contribution in [0.2, 0.25) is 0 Å². The molecular formula is C9H9KO3. The fourth-order valence-electron chi connectivity index (χ4n) is 0.910. The van der Waals surface area contributed by atoms with Crippen LogP contribution in [0.25, 0.3) is 0 Å². The Hall–Kier alpha value is 0.126. The Morgan fingerprint density at radius 2 is 1.92 bits per heavy atom. The van der Waals surface area contributed by atoms with Crippen molar-refractivity contribution in [2.45, 2.75) is 6.42 Å². The summed E-state index contributed by atoms with van der Waals surface area (Å²) in [6.45, 7) is 0. The summed E-state index contributed by atoms with van der Waals surface area (Å²) >= 11 is 0. The number of rotatable bonds is 3. The van der Waals surface area contributed by atoms with Crippen molar-refractivity contribution in [3.05, 3.63) is 29.8 Å². The van der Waals surface area contributed by atoms with E-state index in [2.05, 4.69) is 0 Å². The summed E-state index contributed by atoms with van der Waals surface area (Å²) in [6.07, 6.45) is -0.0516. The largest absolute Gasteiger partial charge is 1.00 e. The number of carbonyl (C=O) groups excluding carboxylic acids is 1. The molecule has 0 saturated heterocycles. The first-order chi connectivity index (χ1) is 5.72. The summed E-state index contributed by atoms with van der Waals surface area (Å²) in [4.78, 5) is 10.2. The number of aliphatic carboxylic acids is 1. The van der Waals surface area contributed by atoms with E-state index in [4.69, 9.17) is 4.74 Å². The van der Waals surface area contributed by atoms with Gasteiger partial charge in [-0.1, -0.05) is 12.1 Å². The van der Waals surface area contributed by atoms with Gasteiger partial charge in [0.05, 0.1) is 7.11 Å². The fourth-order valence-corrected chi connectivity index (χ4v) is 0.910. The first kappa shape index (κ1) is 13.1. The van der Waals surface area contributed by atoms with Crippen molar-refractivity contribution in [2.24, 2.45) is 0 Å². The number of ether oxygens (including phenoxy) is 1. The Balaban J connectivity index is 0.00000144. The van der Waals surface area contributed by atoms with Gasteiger partial charge < -0.3 is 14.6 Å². The van der Waals surface area contributed by atoms with Gasteiger partial charge in [0.15, 0.2) is 0 Å². The van der Waals surface area contributed by atoms with Crippen molar-refractivity contribution in [2.75, 3.05) is 7.11 Å². The van der Waals surface area contributed by atoms with Gasteiger partial charge in [-0.25, -0.2) is 0 Å². The standard InChI is InChI=1S/C9H10O3.K/c1-12-8-4-2-7(3-5-8)6-9(10)11;/h2-5H,6H2,1H3,(H,10,11);/q;+1/p-1. The van der Waals surface area contributed by atoms with Crippen LogP contribution in [0.15, 0.2) is 24.3 Å². The normalized spacial score (nSPS) is 8.69. The summed E-state index contributed by atoms with van der Waals surface area (Å²) < 4.78 is 4.91. The van der Waals surface area contributed by atoms with Crippen LogP contribution in [0.5, 0.6) is 5.75 Å². The second kappa shape index (κ2) is 6.56. The second-order valence-electron chi connectivity index (χ2n) is 2.40. The van der Waals surface area contributed by atoms with Crippen molar-refractivity contribution in [3.8, 4) is 5.75 Å². The minimum atomic E-state index is -1.07. The van der Waals surface area contributed by atoms with E-state index in [9.17, 15) is 9.90 Å². The quantitative estimate of drug-likeness (QED) is 0.493. The van der Waals surface area contributed by atoms with Gasteiger partial charge in [-0.05, 0) is 17.7 Å². The molecule has 1 aromatic rings. The Bertz CT molecular complexity index is 269. The van der Waals surface area contributed by atoms with E-state index in [-0.39, 0.29) is 57.8 Å². The Morgan fingerprint density at radius 1 is 1.38 bits per heavy atom. The van der Waals surface area contributed by atoms with Crippen LogP contribution in [-0.2, 0) is 11.2 Å². The summed E-state index contributed by atoms with van der Waals surface area (Å²) in [6, 6.07) is 6.85. The van der Waals surface area contributed by atoms with Gasteiger partial charge in [0.2, 0.25) is 0 Å². The first-order valence-electron chi connectivity index (χ1n) is 3.55. The van der Waals surface area contributed by atoms with E-state index in [0.29, 0.717) is 0 Å². The SMILES string of the molecule is COc1ccc(CC(=O)[O-])cc1.[K+]. The molecule has 0 amide bonds. The third-order valence-electron chi connectivity index (χ3n) is 1.51. The third-order valence-corrected chi connectivity index (χ3v) is 1.51. The number of methoxy groups -OCH3 is 1. The van der Waals surface area contributed by atoms with Crippen LogP contribution in [0, 0.1) is 0 Å². The molecule has 3 nitrogen and oxygen atoms in total. The van der Waals surface area contributed by atoms with Crippen molar-refractivity contribution in [1.82, 2.24) is 0 Å². The predicted octanol–water partition coefficient (Wildman–Crippen LogP) is -3.01. The number of carboxylic acids is 1. The third kappa shape index (κ3) is 4.78. The van der Waals surface area contributed by atoms with Crippen molar-refractivity contribution < 1.29 is 66.0 Å². The molecule has 64 valence electrons. The van der Waals surface area contributed by atoms with E-state index >= 15 is 0 Å². The summed E-state index contributed by atoms with van der Waals surface area (Å²) in [5.74, 6) is -0.350. The Labute approximate surface area is 120 Å². The number of hydrogen-bond donors (Lipinski definition) is 0. The smallest absolute Gasteiger partial charge is 0.550 e. The summed E-state index contributed by atoms with van der Waals surface area (Å²) in [7, 11) is 1.56. The molecule has 4 heteroatoms. The molecule has 0 heterocycles. The molecule has 0 atom stereocenters. The maximum atomic E-state index is 10.2. The molecule has 0 unspecified atom stereocenters. The van der Waals surface area contributed by atoms with Gasteiger partial charge in [-0.15, -0.1) is 0 Å². The molecule has 1 aromatic carbocycles. The maximum absolute atomic E-state index is 10.2. The average molecular weight is 204 g/mol. The molecule has 0 aromatic heterocycles. The average Bonchev–Trinajstić information content (AvgIpc) is 2.05. The zero-order valence-electron chi connectivity index (χ0n) is 7.74. The van der Waals surface area contributed by atoms with E-state index in [1.54, 1.807) is 31.4 Å². The number of hydrogen-bond acceptors (Lipinski definition) is 3. The predicted molar refractivity (Wildman–Crippen MR) is 41.7 cm³/mol. The van der Waals surface area contributed by atoms with E-state index < -0.39 is 5.97 Å². The summed E-state index contributed by atoms with van der Waals surface area (Å²) in [5.41, 5.74) is 0.718. The van der Waals surface area contributed by atoms with Crippen LogP contribution < -0.4 is 61.2 Å². The zero-order valence-corrected chi connectivity index (χ0v) is 10.9. The van der Waals surface area contributed by atoms with E-state index in [1.165, 1.54) is 0 Å². The molecule has 0 bridgehead atoms. The molecule has 0 N–H and O–H groups in total. The number of carbonyl (C=O) groups is 1. The molecule has 1 rings (SSSR count). The molecular weight excluding hydrogens is 195 g/mol. The van der Waals surface area contributed by atoms with Gasteiger partial charge >= 0.3 is 51.4 Å². The molecule has 0 aliphatic rings. The van der Waals surface area contributed by atoms with Crippen LogP contribution in [-0.4, -0.2) is 13.1 Å². The van der Waals surface area contributed by atoms with E-state index in [1.807, 2.05) is 0 Å². The molecule has 0 fully saturated rings. The minimum Gasteiger partial charge on any atom is -0.550 e. The maximum Gasteiger partial charge on any atom is 1.00 e. The Kier molecular flexibility index (Phi) is 6.62. The molecule has 0 aliphatic heterocycles. The molecule has 0 aliphatic carbocycles. The number of carboxylic acid groups (broad SMARTS) is 1. The van der Waals surface area contributed by atoms with Crippen LogP contribution in [0.3, 0.4) is 0 Å². The van der Waals surface area contributed by atoms with Gasteiger partial charge in [-0.3, -0.25) is 0 Å². The number of benzene rings is 1. The van der Waals surface area contributed by atoms with Gasteiger partial charge in [0, 0.05) is 12.4 Å². The second-order valence-corrected chi connectivity index (χ2v) is 2.40. The summed E-state index contributed by atoms with van der Waals surface area (Å²) in [5, 5.41) is 10.2. The van der Waals surface area contributed by atoms with Gasteiger partial charge in [-0.2, -0.15) is 0 Å². The van der Waals surface area contributed by atoms with Crippen LogP contribution in [0.1, 0.15) is 5.56 Å². The van der Waals surface area contributed by atoms with Crippen LogP contribution in [0.4, 0.5) is 0 Å². The Morgan fingerprint density at radius 3 is 2.31 bits per heavy atom. The van der Waals surface area contributed by atoms with Crippen LogP contribution >= 0.6 is 0 Å². The van der Waals surface area contributed by atoms with Gasteiger partial charge in [0.25, 0.3) is 0 Å². The van der Waals surface area contributed by atoms with Gasteiger partial charge in [0.1, 0.15) is 5.75 Å².